The van der Waals surface area contributed by atoms with Gasteiger partial charge in [0.25, 0.3) is 0 Å². The van der Waals surface area contributed by atoms with Gasteiger partial charge in [-0.25, -0.2) is 0 Å². The molecule has 0 spiro atoms. The molecule has 0 aliphatic carbocycles. The fourth-order valence-corrected chi connectivity index (χ4v) is 0. The van der Waals surface area contributed by atoms with Crippen molar-refractivity contribution in [1.29, 1.82) is 0 Å². The van der Waals surface area contributed by atoms with Crippen molar-refractivity contribution < 1.29 is 53.0 Å². The molecule has 0 heterocycles. The molecule has 20 valence electrons. The van der Waals surface area contributed by atoms with Crippen molar-refractivity contribution in [1.82, 2.24) is 0 Å². The van der Waals surface area contributed by atoms with E-state index in [2.05, 4.69) is 0 Å². The summed E-state index contributed by atoms with van der Waals surface area (Å²) in [4.78, 5) is 0. The standard InChI is InChI=1S/Cr.Mg.Mn.V. The molecular weight excluding hydrogens is 182 g/mol. The SMILES string of the molecule is [Cr].[Mg].[Mn].[V]. The van der Waals surface area contributed by atoms with Gasteiger partial charge in [0.15, 0.2) is 0 Å². The molecule has 0 fully saturated rings. The summed E-state index contributed by atoms with van der Waals surface area (Å²) < 4.78 is 0. The van der Waals surface area contributed by atoms with Gasteiger partial charge in [-0.05, 0) is 0 Å². The molecule has 0 aromatic heterocycles. The molecule has 0 bridgehead atoms. The topological polar surface area (TPSA) is 0 Å². The molecule has 0 saturated heterocycles. The minimum Gasteiger partial charge on any atom is 0 e. The predicted molar refractivity (Wildman–Crippen MR) is 5.75 cm³/mol. The maximum atomic E-state index is 0. The third-order valence-corrected chi connectivity index (χ3v) is 0. The number of rotatable bonds is 0. The Labute approximate surface area is 75.1 Å². The molecule has 4 radical (unpaired) electrons. The summed E-state index contributed by atoms with van der Waals surface area (Å²) >= 11 is 0. The number of hydrogen-bond donors (Lipinski definition) is 0. The molecule has 0 unspecified atom stereocenters. The van der Waals surface area contributed by atoms with Gasteiger partial charge in [0.1, 0.15) is 0 Å². The number of hydrogen-bond acceptors (Lipinski definition) is 0. The van der Waals surface area contributed by atoms with E-state index in [-0.39, 0.29) is 76.0 Å². The van der Waals surface area contributed by atoms with Crippen molar-refractivity contribution in [2.75, 3.05) is 0 Å². The molecule has 0 nitrogen and oxygen atoms in total. The van der Waals surface area contributed by atoms with E-state index in [1.807, 2.05) is 0 Å². The Morgan fingerprint density at radius 2 is 1.00 bits per heavy atom. The van der Waals surface area contributed by atoms with Crippen molar-refractivity contribution in [3.8, 4) is 0 Å². The van der Waals surface area contributed by atoms with Crippen molar-refractivity contribution in [2.24, 2.45) is 0 Å². The van der Waals surface area contributed by atoms with Gasteiger partial charge in [-0.2, -0.15) is 0 Å². The average molecular weight is 182 g/mol. The minimum atomic E-state index is 0. The van der Waals surface area contributed by atoms with Gasteiger partial charge >= 0.3 is 0 Å². The van der Waals surface area contributed by atoms with E-state index >= 15 is 0 Å². The van der Waals surface area contributed by atoms with Crippen LogP contribution >= 0.6 is 0 Å². The van der Waals surface area contributed by atoms with Crippen LogP contribution in [0.15, 0.2) is 0 Å². The third kappa shape index (κ3) is 8.83. The van der Waals surface area contributed by atoms with Crippen LogP contribution in [0.5, 0.6) is 0 Å². The maximum Gasteiger partial charge on any atom is 0 e. The first-order valence-electron chi connectivity index (χ1n) is 0. The Bertz CT molecular complexity index is 8.00. The van der Waals surface area contributed by atoms with Crippen LogP contribution in [0.25, 0.3) is 0 Å². The van der Waals surface area contributed by atoms with E-state index in [1.54, 1.807) is 0 Å². The summed E-state index contributed by atoms with van der Waals surface area (Å²) in [5.74, 6) is 0. The first-order chi connectivity index (χ1) is 0. The second-order valence-electron chi connectivity index (χ2n) is 0. The molecule has 0 aliphatic heterocycles. The van der Waals surface area contributed by atoms with Gasteiger partial charge in [0, 0.05) is 76.0 Å². The van der Waals surface area contributed by atoms with E-state index in [9.17, 15) is 0 Å². The van der Waals surface area contributed by atoms with Gasteiger partial charge in [0.05, 0.1) is 0 Å². The summed E-state index contributed by atoms with van der Waals surface area (Å²) in [6.45, 7) is 0. The maximum absolute atomic E-state index is 0. The fourth-order valence-electron chi connectivity index (χ4n) is 0. The quantitative estimate of drug-likeness (QED) is 0.448. The first kappa shape index (κ1) is 32.4. The smallest absolute Gasteiger partial charge is 0 e. The van der Waals surface area contributed by atoms with Crippen LogP contribution in [-0.2, 0) is 53.0 Å². The van der Waals surface area contributed by atoms with Crippen molar-refractivity contribution in [2.45, 2.75) is 0 Å². The van der Waals surface area contributed by atoms with Crippen LogP contribution in [0, 0.1) is 0 Å². The molecule has 0 aromatic rings. The molecule has 0 aromatic carbocycles. The zero-order valence-corrected chi connectivity index (χ0v) is 7.21. The normalized spacial score (nSPS) is 0. The summed E-state index contributed by atoms with van der Waals surface area (Å²) in [5, 5.41) is 0. The van der Waals surface area contributed by atoms with Gasteiger partial charge in [-0.15, -0.1) is 0 Å². The Balaban J connectivity index is 0. The van der Waals surface area contributed by atoms with Gasteiger partial charge < -0.3 is 0 Å². The van der Waals surface area contributed by atoms with Gasteiger partial charge in [0.2, 0.25) is 0 Å². The summed E-state index contributed by atoms with van der Waals surface area (Å²) in [6, 6.07) is 0. The van der Waals surface area contributed by atoms with Gasteiger partial charge in [-0.1, -0.05) is 0 Å². The van der Waals surface area contributed by atoms with Crippen molar-refractivity contribution in [3.05, 3.63) is 0 Å². The average Bonchev–Trinajstić information content (AvgIpc) is 0. The molecule has 0 aliphatic rings. The van der Waals surface area contributed by atoms with Crippen LogP contribution < -0.4 is 0 Å². The van der Waals surface area contributed by atoms with E-state index in [1.165, 1.54) is 0 Å². The van der Waals surface area contributed by atoms with Crippen molar-refractivity contribution >= 4 is 23.1 Å². The fraction of sp³-hybridized carbons (Fsp3) is 0. The van der Waals surface area contributed by atoms with E-state index in [0.29, 0.717) is 0 Å². The van der Waals surface area contributed by atoms with Crippen LogP contribution in [0.3, 0.4) is 0 Å². The summed E-state index contributed by atoms with van der Waals surface area (Å²) in [7, 11) is 0. The third-order valence-electron chi connectivity index (χ3n) is 0. The minimum absolute atomic E-state index is 0. The first-order valence-corrected chi connectivity index (χ1v) is 0. The Hall–Kier alpha value is 2.40. The van der Waals surface area contributed by atoms with Crippen LogP contribution in [0.4, 0.5) is 0 Å². The van der Waals surface area contributed by atoms with Gasteiger partial charge in [-0.3, -0.25) is 0 Å². The summed E-state index contributed by atoms with van der Waals surface area (Å²) in [5.41, 5.74) is 0. The van der Waals surface area contributed by atoms with Crippen LogP contribution in [0.1, 0.15) is 0 Å². The molecule has 0 rings (SSSR count). The van der Waals surface area contributed by atoms with Crippen molar-refractivity contribution in [3.63, 3.8) is 0 Å². The Morgan fingerprint density at radius 1 is 1.00 bits per heavy atom. The largest absolute Gasteiger partial charge is 0 e. The molecule has 4 heavy (non-hydrogen) atoms. The second-order valence-corrected chi connectivity index (χ2v) is 0. The molecular formula is CrMgMnV. The molecule has 0 amide bonds. The molecule has 4 heteroatoms. The Morgan fingerprint density at radius 3 is 1.00 bits per heavy atom. The van der Waals surface area contributed by atoms with E-state index < -0.39 is 0 Å². The second kappa shape index (κ2) is 18.1. The van der Waals surface area contributed by atoms with E-state index in [0.717, 1.165) is 0 Å². The molecule has 0 saturated carbocycles. The summed E-state index contributed by atoms with van der Waals surface area (Å²) in [6.07, 6.45) is 0. The molecule has 0 N–H and O–H groups in total. The zero-order chi connectivity index (χ0) is 0. The van der Waals surface area contributed by atoms with Crippen LogP contribution in [-0.4, -0.2) is 23.1 Å². The molecule has 0 atom stereocenters. The Kier molecular flexibility index (Phi) is 147. The van der Waals surface area contributed by atoms with E-state index in [4.69, 9.17) is 0 Å². The zero-order valence-electron chi connectivity index (χ0n) is 1.94. The monoisotopic (exact) mass is 182 g/mol. The predicted octanol–water partition coefficient (Wildman–Crippen LogP) is -0.388. The van der Waals surface area contributed by atoms with Crippen LogP contribution in [0.2, 0.25) is 0 Å².